The predicted molar refractivity (Wildman–Crippen MR) is 153 cm³/mol. The lowest BCUT2D eigenvalue weighted by molar-refractivity contribution is 0.0686. The van der Waals surface area contributed by atoms with E-state index in [0.29, 0.717) is 35.9 Å². The standard InChI is InChI=1S/C30H21N3O9/c34-13-22-25(31-19-7-1-16(2-8-19)28(37)38)23(14-35)27(33-21-11-5-18(6-12-21)30(41)42)24(15-36)26(22)32-20-9-3-17(4-10-20)29(39)40/h1-15,31-33H,(H,37,38)(H,39,40)(H,41,42). The van der Waals surface area contributed by atoms with Gasteiger partial charge in [0, 0.05) is 17.1 Å². The third-order valence-corrected chi connectivity index (χ3v) is 6.17. The molecule has 0 amide bonds. The number of carbonyl (C=O) groups excluding carboxylic acids is 3. The van der Waals surface area contributed by atoms with E-state index in [1.165, 1.54) is 72.8 Å². The second-order valence-electron chi connectivity index (χ2n) is 8.74. The van der Waals surface area contributed by atoms with E-state index in [4.69, 9.17) is 0 Å². The average Bonchev–Trinajstić information content (AvgIpc) is 2.98. The van der Waals surface area contributed by atoms with Crippen molar-refractivity contribution in [3.8, 4) is 0 Å². The summed E-state index contributed by atoms with van der Waals surface area (Å²) in [7, 11) is 0. The third-order valence-electron chi connectivity index (χ3n) is 6.17. The van der Waals surface area contributed by atoms with Crippen molar-refractivity contribution in [2.24, 2.45) is 0 Å². The Morgan fingerprint density at radius 2 is 0.643 bits per heavy atom. The monoisotopic (exact) mass is 567 g/mol. The van der Waals surface area contributed by atoms with E-state index in [0.717, 1.165) is 0 Å². The molecule has 0 heterocycles. The maximum Gasteiger partial charge on any atom is 0.335 e. The molecule has 0 unspecified atom stereocenters. The quantitative estimate of drug-likeness (QED) is 0.118. The van der Waals surface area contributed by atoms with Crippen LogP contribution >= 0.6 is 0 Å². The van der Waals surface area contributed by atoms with Crippen LogP contribution in [-0.4, -0.2) is 52.1 Å². The van der Waals surface area contributed by atoms with Gasteiger partial charge in [-0.05, 0) is 72.8 Å². The summed E-state index contributed by atoms with van der Waals surface area (Å²) >= 11 is 0. The van der Waals surface area contributed by atoms with Crippen LogP contribution in [0.15, 0.2) is 72.8 Å². The molecular formula is C30H21N3O9. The summed E-state index contributed by atoms with van der Waals surface area (Å²) < 4.78 is 0. The number of aromatic carboxylic acids is 3. The van der Waals surface area contributed by atoms with Gasteiger partial charge in [0.25, 0.3) is 0 Å². The zero-order chi connectivity index (χ0) is 30.4. The summed E-state index contributed by atoms with van der Waals surface area (Å²) in [6.07, 6.45) is 1.27. The minimum absolute atomic E-state index is 0.00222. The maximum absolute atomic E-state index is 12.5. The van der Waals surface area contributed by atoms with Crippen LogP contribution in [-0.2, 0) is 0 Å². The summed E-state index contributed by atoms with van der Waals surface area (Å²) in [4.78, 5) is 71.2. The van der Waals surface area contributed by atoms with Crippen LogP contribution in [0.4, 0.5) is 34.1 Å². The number of nitrogens with one attached hydrogen (secondary N) is 3. The molecule has 0 atom stereocenters. The maximum atomic E-state index is 12.5. The largest absolute Gasteiger partial charge is 0.478 e. The fraction of sp³-hybridized carbons (Fsp3) is 0. The van der Waals surface area contributed by atoms with Crippen molar-refractivity contribution >= 4 is 70.9 Å². The predicted octanol–water partition coefficient (Wildman–Crippen LogP) is 5.45. The summed E-state index contributed by atoms with van der Waals surface area (Å²) in [5.74, 6) is -3.46. The average molecular weight is 568 g/mol. The van der Waals surface area contributed by atoms with Crippen LogP contribution in [0.5, 0.6) is 0 Å². The Balaban J connectivity index is 1.92. The van der Waals surface area contributed by atoms with E-state index in [1.54, 1.807) is 0 Å². The topological polar surface area (TPSA) is 199 Å². The van der Waals surface area contributed by atoms with Gasteiger partial charge in [-0.25, -0.2) is 14.4 Å². The second-order valence-corrected chi connectivity index (χ2v) is 8.74. The van der Waals surface area contributed by atoms with Gasteiger partial charge in [0.05, 0.1) is 50.4 Å². The third kappa shape index (κ3) is 5.97. The van der Waals surface area contributed by atoms with Crippen LogP contribution in [0, 0.1) is 0 Å². The molecule has 0 aliphatic carbocycles. The number of carboxylic acids is 3. The van der Waals surface area contributed by atoms with Gasteiger partial charge in [0.15, 0.2) is 18.9 Å². The highest BCUT2D eigenvalue weighted by Crippen LogP contribution is 2.41. The lowest BCUT2D eigenvalue weighted by Crippen LogP contribution is -2.12. The lowest BCUT2D eigenvalue weighted by Gasteiger charge is -2.23. The number of carbonyl (C=O) groups is 6. The van der Waals surface area contributed by atoms with E-state index < -0.39 is 17.9 Å². The van der Waals surface area contributed by atoms with Gasteiger partial charge < -0.3 is 31.3 Å². The normalized spacial score (nSPS) is 10.3. The number of hydrogen-bond donors (Lipinski definition) is 6. The molecule has 0 fully saturated rings. The number of anilines is 6. The lowest BCUT2D eigenvalue weighted by atomic mass is 9.96. The molecule has 4 aromatic carbocycles. The van der Waals surface area contributed by atoms with Crippen molar-refractivity contribution in [2.45, 2.75) is 0 Å². The smallest absolute Gasteiger partial charge is 0.335 e. The van der Waals surface area contributed by atoms with E-state index in [9.17, 15) is 44.1 Å². The molecule has 4 rings (SSSR count). The molecule has 210 valence electrons. The SMILES string of the molecule is O=Cc1c(Nc2ccc(C(=O)O)cc2)c(C=O)c(Nc2ccc(C(=O)O)cc2)c(C=O)c1Nc1ccc(C(=O)O)cc1. The van der Waals surface area contributed by atoms with E-state index in [1.807, 2.05) is 0 Å². The summed E-state index contributed by atoms with van der Waals surface area (Å²) in [5.41, 5.74) is 0.499. The molecule has 42 heavy (non-hydrogen) atoms. The van der Waals surface area contributed by atoms with Crippen molar-refractivity contribution in [1.29, 1.82) is 0 Å². The number of rotatable bonds is 12. The highest BCUT2D eigenvalue weighted by molar-refractivity contribution is 6.13. The molecule has 4 aromatic rings. The summed E-state index contributed by atoms with van der Waals surface area (Å²) in [5, 5.41) is 36.5. The first-order valence-electron chi connectivity index (χ1n) is 12.1. The highest BCUT2D eigenvalue weighted by atomic mass is 16.4. The van der Waals surface area contributed by atoms with Gasteiger partial charge in [-0.15, -0.1) is 0 Å². The first-order chi connectivity index (χ1) is 20.2. The Kier molecular flexibility index (Phi) is 8.38. The van der Waals surface area contributed by atoms with E-state index in [-0.39, 0.29) is 50.4 Å². The van der Waals surface area contributed by atoms with Gasteiger partial charge in [-0.3, -0.25) is 14.4 Å². The van der Waals surface area contributed by atoms with Crippen LogP contribution < -0.4 is 16.0 Å². The second kappa shape index (κ2) is 12.3. The van der Waals surface area contributed by atoms with Crippen LogP contribution in [0.2, 0.25) is 0 Å². The Labute approximate surface area is 237 Å². The van der Waals surface area contributed by atoms with Gasteiger partial charge in [-0.1, -0.05) is 0 Å². The van der Waals surface area contributed by atoms with Crippen molar-refractivity contribution in [3.05, 3.63) is 106 Å². The van der Waals surface area contributed by atoms with Crippen LogP contribution in [0.25, 0.3) is 0 Å². The molecule has 0 spiro atoms. The molecule has 0 saturated heterocycles. The first kappa shape index (κ1) is 28.7. The van der Waals surface area contributed by atoms with Crippen molar-refractivity contribution in [2.75, 3.05) is 16.0 Å². The van der Waals surface area contributed by atoms with E-state index in [2.05, 4.69) is 16.0 Å². The zero-order valence-corrected chi connectivity index (χ0v) is 21.5. The summed E-state index contributed by atoms with van der Waals surface area (Å²) in [6, 6.07) is 16.5. The minimum atomic E-state index is -1.15. The summed E-state index contributed by atoms with van der Waals surface area (Å²) in [6.45, 7) is 0. The highest BCUT2D eigenvalue weighted by Gasteiger charge is 2.25. The number of carboxylic acid groups (broad SMARTS) is 3. The Morgan fingerprint density at radius 1 is 0.429 bits per heavy atom. The first-order valence-corrected chi connectivity index (χ1v) is 12.1. The molecule has 12 heteroatoms. The Morgan fingerprint density at radius 3 is 0.810 bits per heavy atom. The van der Waals surface area contributed by atoms with Crippen molar-refractivity contribution in [1.82, 2.24) is 0 Å². The molecule has 0 saturated carbocycles. The van der Waals surface area contributed by atoms with Crippen molar-refractivity contribution in [3.63, 3.8) is 0 Å². The van der Waals surface area contributed by atoms with Gasteiger partial charge in [0.1, 0.15) is 0 Å². The molecule has 0 radical (unpaired) electrons. The molecule has 6 N–H and O–H groups in total. The fourth-order valence-corrected chi connectivity index (χ4v) is 4.09. The van der Waals surface area contributed by atoms with E-state index >= 15 is 0 Å². The molecule has 0 aliphatic heterocycles. The fourth-order valence-electron chi connectivity index (χ4n) is 4.09. The molecule has 0 aliphatic rings. The number of hydrogen-bond acceptors (Lipinski definition) is 9. The number of aldehydes is 3. The van der Waals surface area contributed by atoms with Crippen molar-refractivity contribution < 1.29 is 44.1 Å². The molecule has 12 nitrogen and oxygen atoms in total. The minimum Gasteiger partial charge on any atom is -0.478 e. The van der Waals surface area contributed by atoms with Crippen LogP contribution in [0.3, 0.4) is 0 Å². The van der Waals surface area contributed by atoms with Gasteiger partial charge >= 0.3 is 17.9 Å². The van der Waals surface area contributed by atoms with Gasteiger partial charge in [-0.2, -0.15) is 0 Å². The molecule has 0 bridgehead atoms. The Hall–Kier alpha value is -6.30. The molecular weight excluding hydrogens is 546 g/mol. The zero-order valence-electron chi connectivity index (χ0n) is 21.5. The Bertz CT molecular complexity index is 1490. The molecule has 0 aromatic heterocycles. The number of benzene rings is 4. The van der Waals surface area contributed by atoms with Crippen LogP contribution in [0.1, 0.15) is 62.1 Å². The van der Waals surface area contributed by atoms with Gasteiger partial charge in [0.2, 0.25) is 0 Å².